The fourth-order valence-electron chi connectivity index (χ4n) is 3.13. The fourth-order valence-corrected chi connectivity index (χ4v) is 3.13. The third-order valence-electron chi connectivity index (χ3n) is 4.29. The summed E-state index contributed by atoms with van der Waals surface area (Å²) >= 11 is 0. The summed E-state index contributed by atoms with van der Waals surface area (Å²) < 4.78 is 0. The molecule has 4 nitrogen and oxygen atoms in total. The molecule has 0 aromatic heterocycles. The zero-order valence-electron chi connectivity index (χ0n) is 14.4. The van der Waals surface area contributed by atoms with Gasteiger partial charge in [0.05, 0.1) is 12.6 Å². The summed E-state index contributed by atoms with van der Waals surface area (Å²) in [4.78, 5) is 14.4. The Labute approximate surface area is 139 Å². The van der Waals surface area contributed by atoms with Gasteiger partial charge in [0.15, 0.2) is 0 Å². The number of nitrogens with one attached hydrogen (secondary N) is 1. The zero-order valence-corrected chi connectivity index (χ0v) is 14.4. The van der Waals surface area contributed by atoms with E-state index in [-0.39, 0.29) is 17.4 Å². The Hall–Kier alpha value is -1.86. The van der Waals surface area contributed by atoms with Crippen LogP contribution in [0.2, 0.25) is 0 Å². The SMILES string of the molecule is CC(C)(C)C(=O)NC1CC(Cc2ccccc2)CN(CC#N)C1. The summed E-state index contributed by atoms with van der Waals surface area (Å²) in [5.74, 6) is 0.546. The molecule has 1 heterocycles. The number of nitrogens with zero attached hydrogens (tertiary/aromatic N) is 2. The lowest BCUT2D eigenvalue weighted by molar-refractivity contribution is -0.129. The summed E-state index contributed by atoms with van der Waals surface area (Å²) in [5, 5.41) is 12.2. The molecule has 0 spiro atoms. The molecule has 1 amide bonds. The van der Waals surface area contributed by atoms with Crippen LogP contribution in [-0.4, -0.2) is 36.5 Å². The van der Waals surface area contributed by atoms with Gasteiger partial charge in [-0.15, -0.1) is 0 Å². The Bertz CT molecular complexity index is 556. The lowest BCUT2D eigenvalue weighted by atomic mass is 9.87. The highest BCUT2D eigenvalue weighted by molar-refractivity contribution is 5.81. The highest BCUT2D eigenvalue weighted by Crippen LogP contribution is 2.22. The summed E-state index contributed by atoms with van der Waals surface area (Å²) in [6.45, 7) is 7.90. The molecule has 2 unspecified atom stereocenters. The zero-order chi connectivity index (χ0) is 16.9. The molecule has 0 saturated carbocycles. The van der Waals surface area contributed by atoms with Crippen LogP contribution in [0.4, 0.5) is 0 Å². The number of carbonyl (C=O) groups excluding carboxylic acids is 1. The number of carbonyl (C=O) groups is 1. The van der Waals surface area contributed by atoms with Gasteiger partial charge < -0.3 is 5.32 Å². The van der Waals surface area contributed by atoms with Gasteiger partial charge in [0.1, 0.15) is 0 Å². The molecule has 1 aliphatic rings. The van der Waals surface area contributed by atoms with Crippen LogP contribution >= 0.6 is 0 Å². The molecule has 4 heteroatoms. The minimum atomic E-state index is -0.383. The first-order valence-electron chi connectivity index (χ1n) is 8.32. The molecule has 2 atom stereocenters. The number of hydrogen-bond donors (Lipinski definition) is 1. The first-order chi connectivity index (χ1) is 10.9. The molecule has 1 N–H and O–H groups in total. The van der Waals surface area contributed by atoms with Gasteiger partial charge in [0.25, 0.3) is 0 Å². The van der Waals surface area contributed by atoms with Crippen molar-refractivity contribution in [3.05, 3.63) is 35.9 Å². The smallest absolute Gasteiger partial charge is 0.225 e. The Morgan fingerprint density at radius 1 is 1.30 bits per heavy atom. The van der Waals surface area contributed by atoms with E-state index in [1.54, 1.807) is 0 Å². The number of nitriles is 1. The van der Waals surface area contributed by atoms with Gasteiger partial charge in [-0.25, -0.2) is 0 Å². The van der Waals surface area contributed by atoms with E-state index in [1.165, 1.54) is 5.56 Å². The minimum absolute atomic E-state index is 0.0831. The Morgan fingerprint density at radius 3 is 2.61 bits per heavy atom. The van der Waals surface area contributed by atoms with Crippen molar-refractivity contribution in [3.8, 4) is 6.07 Å². The van der Waals surface area contributed by atoms with E-state index in [4.69, 9.17) is 5.26 Å². The summed E-state index contributed by atoms with van der Waals surface area (Å²) in [7, 11) is 0. The minimum Gasteiger partial charge on any atom is -0.352 e. The van der Waals surface area contributed by atoms with Crippen LogP contribution in [0.25, 0.3) is 0 Å². The second kappa shape index (κ2) is 7.61. The first kappa shape index (κ1) is 17.5. The molecule has 1 fully saturated rings. The Balaban J connectivity index is 2.02. The molecular weight excluding hydrogens is 286 g/mol. The van der Waals surface area contributed by atoms with Crippen molar-refractivity contribution < 1.29 is 4.79 Å². The van der Waals surface area contributed by atoms with Crippen molar-refractivity contribution in [3.63, 3.8) is 0 Å². The first-order valence-corrected chi connectivity index (χ1v) is 8.32. The topological polar surface area (TPSA) is 56.1 Å². The number of hydrogen-bond acceptors (Lipinski definition) is 3. The maximum absolute atomic E-state index is 12.3. The van der Waals surface area contributed by atoms with E-state index >= 15 is 0 Å². The van der Waals surface area contributed by atoms with E-state index in [0.29, 0.717) is 12.5 Å². The lowest BCUT2D eigenvalue weighted by Gasteiger charge is -2.38. The van der Waals surface area contributed by atoms with Gasteiger partial charge in [-0.05, 0) is 24.3 Å². The van der Waals surface area contributed by atoms with Crippen LogP contribution in [-0.2, 0) is 11.2 Å². The molecule has 1 aromatic rings. The largest absolute Gasteiger partial charge is 0.352 e. The van der Waals surface area contributed by atoms with Crippen LogP contribution < -0.4 is 5.32 Å². The quantitative estimate of drug-likeness (QED) is 0.869. The standard InChI is InChI=1S/C19H27N3O/c1-19(2,3)18(23)21-17-12-16(13-22(14-17)10-9-20)11-15-7-5-4-6-8-15/h4-8,16-17H,10-14H2,1-3H3,(H,21,23). The van der Waals surface area contributed by atoms with Crippen molar-refractivity contribution in [2.45, 2.75) is 39.7 Å². The van der Waals surface area contributed by atoms with Crippen LogP contribution in [0.3, 0.4) is 0 Å². The average Bonchev–Trinajstić information content (AvgIpc) is 2.47. The lowest BCUT2D eigenvalue weighted by Crippen LogP contribution is -2.53. The predicted molar refractivity (Wildman–Crippen MR) is 91.7 cm³/mol. The van der Waals surface area contributed by atoms with Gasteiger partial charge in [-0.1, -0.05) is 51.1 Å². The van der Waals surface area contributed by atoms with E-state index in [0.717, 1.165) is 25.9 Å². The number of piperidine rings is 1. The van der Waals surface area contributed by atoms with Crippen LogP contribution in [0.5, 0.6) is 0 Å². The average molecular weight is 313 g/mol. The van der Waals surface area contributed by atoms with Gasteiger partial charge in [0.2, 0.25) is 5.91 Å². The summed E-state index contributed by atoms with van der Waals surface area (Å²) in [6, 6.07) is 12.8. The number of likely N-dealkylation sites (tertiary alicyclic amines) is 1. The normalized spacial score (nSPS) is 22.3. The molecule has 23 heavy (non-hydrogen) atoms. The van der Waals surface area contributed by atoms with Crippen molar-refractivity contribution in [2.24, 2.45) is 11.3 Å². The van der Waals surface area contributed by atoms with Gasteiger partial charge in [-0.3, -0.25) is 9.69 Å². The van der Waals surface area contributed by atoms with E-state index in [9.17, 15) is 4.79 Å². The molecule has 0 radical (unpaired) electrons. The monoisotopic (exact) mass is 313 g/mol. The molecule has 0 bridgehead atoms. The molecule has 2 rings (SSSR count). The molecular formula is C19H27N3O. The van der Waals surface area contributed by atoms with Gasteiger partial charge in [-0.2, -0.15) is 5.26 Å². The van der Waals surface area contributed by atoms with E-state index in [1.807, 2.05) is 26.8 Å². The molecule has 0 aliphatic carbocycles. The second-order valence-electron chi connectivity index (χ2n) is 7.56. The van der Waals surface area contributed by atoms with Crippen molar-refractivity contribution in [2.75, 3.05) is 19.6 Å². The summed E-state index contributed by atoms with van der Waals surface area (Å²) in [5.41, 5.74) is 0.934. The van der Waals surface area contributed by atoms with Crippen LogP contribution in [0.15, 0.2) is 30.3 Å². The molecule has 124 valence electrons. The number of amides is 1. The van der Waals surface area contributed by atoms with E-state index < -0.39 is 0 Å². The third kappa shape index (κ3) is 5.37. The third-order valence-corrected chi connectivity index (χ3v) is 4.29. The Kier molecular flexibility index (Phi) is 5.79. The maximum Gasteiger partial charge on any atom is 0.225 e. The molecule has 1 aliphatic heterocycles. The van der Waals surface area contributed by atoms with Crippen LogP contribution in [0.1, 0.15) is 32.8 Å². The molecule has 1 saturated heterocycles. The fraction of sp³-hybridized carbons (Fsp3) is 0.579. The predicted octanol–water partition coefficient (Wildman–Crippen LogP) is 2.61. The molecule has 1 aromatic carbocycles. The van der Waals surface area contributed by atoms with Crippen molar-refractivity contribution >= 4 is 5.91 Å². The van der Waals surface area contributed by atoms with Gasteiger partial charge in [0, 0.05) is 24.5 Å². The summed E-state index contributed by atoms with van der Waals surface area (Å²) in [6.07, 6.45) is 1.96. The highest BCUT2D eigenvalue weighted by atomic mass is 16.2. The second-order valence-corrected chi connectivity index (χ2v) is 7.56. The maximum atomic E-state index is 12.3. The highest BCUT2D eigenvalue weighted by Gasteiger charge is 2.30. The van der Waals surface area contributed by atoms with E-state index in [2.05, 4.69) is 40.6 Å². The Morgan fingerprint density at radius 2 is 2.00 bits per heavy atom. The van der Waals surface area contributed by atoms with Crippen molar-refractivity contribution in [1.29, 1.82) is 5.26 Å². The van der Waals surface area contributed by atoms with Crippen LogP contribution in [0, 0.1) is 22.7 Å². The number of benzene rings is 1. The van der Waals surface area contributed by atoms with Crippen molar-refractivity contribution in [1.82, 2.24) is 10.2 Å². The van der Waals surface area contributed by atoms with Gasteiger partial charge >= 0.3 is 0 Å². The number of rotatable bonds is 4.